The van der Waals surface area contributed by atoms with E-state index < -0.39 is 11.6 Å². The maximum atomic E-state index is 13.9. The number of aryl methyl sites for hydroxylation is 1. The van der Waals surface area contributed by atoms with E-state index in [4.69, 9.17) is 4.74 Å². The number of nitrogens with one attached hydrogen (secondary N) is 1. The predicted molar refractivity (Wildman–Crippen MR) is 67.9 cm³/mol. The maximum Gasteiger partial charge on any atom is 0.165 e. The molecule has 0 unspecified atom stereocenters. The van der Waals surface area contributed by atoms with Crippen molar-refractivity contribution >= 4 is 0 Å². The van der Waals surface area contributed by atoms with Gasteiger partial charge >= 0.3 is 0 Å². The third kappa shape index (κ3) is 2.58. The molecule has 0 atom stereocenters. The van der Waals surface area contributed by atoms with E-state index in [1.165, 1.54) is 7.11 Å². The minimum absolute atomic E-state index is 0.118. The number of hydrogen-bond donors (Lipinski definition) is 1. The first-order valence-electron chi connectivity index (χ1n) is 5.77. The van der Waals surface area contributed by atoms with E-state index in [9.17, 15) is 8.78 Å². The lowest BCUT2D eigenvalue weighted by Gasteiger charge is -2.05. The van der Waals surface area contributed by atoms with Crippen LogP contribution in [0.5, 0.6) is 5.75 Å². The average molecular weight is 267 g/mol. The standard InChI is InChI=1S/C13H15F2N3O/c1-16-7-8-4-12(17-18(8)2)9-5-11(15)13(19-3)6-10(9)14/h4-6,16H,7H2,1-3H3. The minimum Gasteiger partial charge on any atom is -0.494 e. The van der Waals surface area contributed by atoms with Crippen LogP contribution in [0.15, 0.2) is 18.2 Å². The highest BCUT2D eigenvalue weighted by Crippen LogP contribution is 2.28. The molecule has 4 nitrogen and oxygen atoms in total. The average Bonchev–Trinajstić information content (AvgIpc) is 2.73. The van der Waals surface area contributed by atoms with Gasteiger partial charge in [-0.2, -0.15) is 5.10 Å². The molecule has 1 aromatic carbocycles. The third-order valence-corrected chi connectivity index (χ3v) is 2.85. The van der Waals surface area contributed by atoms with Gasteiger partial charge in [0.25, 0.3) is 0 Å². The van der Waals surface area contributed by atoms with Gasteiger partial charge in [0.2, 0.25) is 0 Å². The number of aromatic nitrogens is 2. The number of benzene rings is 1. The van der Waals surface area contributed by atoms with Crippen LogP contribution in [-0.2, 0) is 13.6 Å². The molecule has 19 heavy (non-hydrogen) atoms. The molecule has 1 aromatic heterocycles. The summed E-state index contributed by atoms with van der Waals surface area (Å²) in [5.74, 6) is -1.29. The predicted octanol–water partition coefficient (Wildman–Crippen LogP) is 2.09. The van der Waals surface area contributed by atoms with E-state index in [-0.39, 0.29) is 11.3 Å². The summed E-state index contributed by atoms with van der Waals surface area (Å²) in [6, 6.07) is 3.84. The first-order valence-corrected chi connectivity index (χ1v) is 5.77. The molecule has 1 N–H and O–H groups in total. The van der Waals surface area contributed by atoms with Crippen LogP contribution >= 0.6 is 0 Å². The van der Waals surface area contributed by atoms with Crippen molar-refractivity contribution in [2.24, 2.45) is 7.05 Å². The largest absolute Gasteiger partial charge is 0.494 e. The Morgan fingerprint density at radius 3 is 2.63 bits per heavy atom. The molecular formula is C13H15F2N3O. The monoisotopic (exact) mass is 267 g/mol. The Balaban J connectivity index is 2.47. The van der Waals surface area contributed by atoms with E-state index in [2.05, 4.69) is 10.4 Å². The van der Waals surface area contributed by atoms with Crippen molar-refractivity contribution in [1.82, 2.24) is 15.1 Å². The Labute approximate surface area is 110 Å². The lowest BCUT2D eigenvalue weighted by Crippen LogP contribution is -2.09. The summed E-state index contributed by atoms with van der Waals surface area (Å²) < 4.78 is 33.9. The second-order valence-electron chi connectivity index (χ2n) is 4.14. The van der Waals surface area contributed by atoms with Gasteiger partial charge in [0.1, 0.15) is 5.82 Å². The van der Waals surface area contributed by atoms with Crippen LogP contribution in [0.1, 0.15) is 5.69 Å². The highest BCUT2D eigenvalue weighted by atomic mass is 19.1. The molecule has 102 valence electrons. The van der Waals surface area contributed by atoms with Crippen molar-refractivity contribution in [3.05, 3.63) is 35.5 Å². The molecular weight excluding hydrogens is 252 g/mol. The Morgan fingerprint density at radius 1 is 1.26 bits per heavy atom. The van der Waals surface area contributed by atoms with Gasteiger partial charge in [-0.1, -0.05) is 0 Å². The van der Waals surface area contributed by atoms with Crippen LogP contribution in [0.2, 0.25) is 0 Å². The van der Waals surface area contributed by atoms with Gasteiger partial charge in [-0.05, 0) is 19.2 Å². The van der Waals surface area contributed by atoms with E-state index in [0.29, 0.717) is 12.2 Å². The van der Waals surface area contributed by atoms with E-state index in [1.54, 1.807) is 24.8 Å². The Bertz CT molecular complexity index is 596. The molecule has 0 aliphatic rings. The quantitative estimate of drug-likeness (QED) is 0.922. The zero-order chi connectivity index (χ0) is 14.0. The molecule has 1 heterocycles. The van der Waals surface area contributed by atoms with Crippen LogP contribution in [0.3, 0.4) is 0 Å². The molecule has 2 aromatic rings. The molecule has 0 saturated carbocycles. The van der Waals surface area contributed by atoms with Crippen molar-refractivity contribution < 1.29 is 13.5 Å². The first-order chi connectivity index (χ1) is 9.06. The summed E-state index contributed by atoms with van der Waals surface area (Å²) in [5.41, 5.74) is 1.40. The zero-order valence-corrected chi connectivity index (χ0v) is 11.0. The van der Waals surface area contributed by atoms with Gasteiger partial charge in [0.05, 0.1) is 18.5 Å². The fraction of sp³-hybridized carbons (Fsp3) is 0.308. The van der Waals surface area contributed by atoms with Gasteiger partial charge in [-0.25, -0.2) is 8.78 Å². The summed E-state index contributed by atoms with van der Waals surface area (Å²) in [6.07, 6.45) is 0. The molecule has 2 rings (SSSR count). The molecule has 0 fully saturated rings. The highest BCUT2D eigenvalue weighted by molar-refractivity contribution is 5.61. The van der Waals surface area contributed by atoms with Crippen LogP contribution in [0.4, 0.5) is 8.78 Å². The normalized spacial score (nSPS) is 10.8. The van der Waals surface area contributed by atoms with E-state index in [1.807, 2.05) is 0 Å². The van der Waals surface area contributed by atoms with Crippen LogP contribution in [0.25, 0.3) is 11.3 Å². The topological polar surface area (TPSA) is 39.1 Å². The zero-order valence-electron chi connectivity index (χ0n) is 11.0. The van der Waals surface area contributed by atoms with Crippen molar-refractivity contribution in [3.63, 3.8) is 0 Å². The first kappa shape index (κ1) is 13.5. The Kier molecular flexibility index (Phi) is 3.80. The van der Waals surface area contributed by atoms with Gasteiger partial charge in [-0.3, -0.25) is 4.68 Å². The van der Waals surface area contributed by atoms with Crippen molar-refractivity contribution in [1.29, 1.82) is 0 Å². The summed E-state index contributed by atoms with van der Waals surface area (Å²) in [6.45, 7) is 0.601. The lowest BCUT2D eigenvalue weighted by atomic mass is 10.1. The SMILES string of the molecule is CNCc1cc(-c2cc(F)c(OC)cc2F)nn1C. The van der Waals surface area contributed by atoms with Gasteiger partial charge in [-0.15, -0.1) is 0 Å². The van der Waals surface area contributed by atoms with Gasteiger partial charge < -0.3 is 10.1 Å². The molecule has 0 saturated heterocycles. The number of nitrogens with zero attached hydrogens (tertiary/aromatic N) is 2. The lowest BCUT2D eigenvalue weighted by molar-refractivity contribution is 0.383. The number of ether oxygens (including phenoxy) is 1. The summed E-state index contributed by atoms with van der Waals surface area (Å²) in [4.78, 5) is 0. The van der Waals surface area contributed by atoms with E-state index >= 15 is 0 Å². The van der Waals surface area contributed by atoms with Crippen LogP contribution in [-0.4, -0.2) is 23.9 Å². The van der Waals surface area contributed by atoms with Crippen molar-refractivity contribution in [2.45, 2.75) is 6.54 Å². The fourth-order valence-corrected chi connectivity index (χ4v) is 1.87. The molecule has 0 aliphatic heterocycles. The Hall–Kier alpha value is -1.95. The third-order valence-electron chi connectivity index (χ3n) is 2.85. The number of hydrogen-bond acceptors (Lipinski definition) is 3. The second kappa shape index (κ2) is 5.36. The van der Waals surface area contributed by atoms with Crippen molar-refractivity contribution in [3.8, 4) is 17.0 Å². The summed E-state index contributed by atoms with van der Waals surface area (Å²) in [7, 11) is 4.86. The van der Waals surface area contributed by atoms with E-state index in [0.717, 1.165) is 17.8 Å². The van der Waals surface area contributed by atoms with Gasteiger partial charge in [0.15, 0.2) is 11.6 Å². The Morgan fingerprint density at radius 2 is 2.00 bits per heavy atom. The smallest absolute Gasteiger partial charge is 0.165 e. The second-order valence-corrected chi connectivity index (χ2v) is 4.14. The molecule has 0 radical (unpaired) electrons. The summed E-state index contributed by atoms with van der Waals surface area (Å²) >= 11 is 0. The molecule has 0 amide bonds. The van der Waals surface area contributed by atoms with Gasteiger partial charge in [0, 0.05) is 25.2 Å². The van der Waals surface area contributed by atoms with Crippen molar-refractivity contribution in [2.75, 3.05) is 14.2 Å². The number of halogens is 2. The number of methoxy groups -OCH3 is 1. The molecule has 0 bridgehead atoms. The molecule has 0 aliphatic carbocycles. The molecule has 6 heteroatoms. The minimum atomic E-state index is -0.611. The molecule has 0 spiro atoms. The number of rotatable bonds is 4. The fourth-order valence-electron chi connectivity index (χ4n) is 1.87. The van der Waals surface area contributed by atoms with Crippen LogP contribution in [0, 0.1) is 11.6 Å². The maximum absolute atomic E-state index is 13.9. The summed E-state index contributed by atoms with van der Waals surface area (Å²) in [5, 5.41) is 7.17. The highest BCUT2D eigenvalue weighted by Gasteiger charge is 2.15. The van der Waals surface area contributed by atoms with Crippen LogP contribution < -0.4 is 10.1 Å².